The van der Waals surface area contributed by atoms with E-state index in [4.69, 9.17) is 9.97 Å². The summed E-state index contributed by atoms with van der Waals surface area (Å²) >= 11 is 0. The predicted molar refractivity (Wildman–Crippen MR) is 124 cm³/mol. The number of nitrogens with one attached hydrogen (secondary N) is 2. The Kier molecular flexibility index (Phi) is 6.26. The lowest BCUT2D eigenvalue weighted by atomic mass is 9.96. The molecule has 4 rings (SSSR count). The van der Waals surface area contributed by atoms with Gasteiger partial charge in [0.15, 0.2) is 0 Å². The normalized spacial score (nSPS) is 14.7. The van der Waals surface area contributed by atoms with Gasteiger partial charge in [-0.2, -0.15) is 4.98 Å². The quantitative estimate of drug-likeness (QED) is 0.496. The van der Waals surface area contributed by atoms with Crippen LogP contribution in [0, 0.1) is 6.92 Å². The Labute approximate surface area is 179 Å². The molecule has 2 N–H and O–H groups in total. The van der Waals surface area contributed by atoms with E-state index in [1.165, 1.54) is 43.2 Å². The van der Waals surface area contributed by atoms with Gasteiger partial charge in [0.05, 0.1) is 5.69 Å². The molecule has 1 fully saturated rings. The minimum absolute atomic E-state index is 0.448. The number of aromatic nitrogens is 3. The summed E-state index contributed by atoms with van der Waals surface area (Å²) in [7, 11) is 0. The Morgan fingerprint density at radius 3 is 2.53 bits per heavy atom. The minimum atomic E-state index is 0.448. The second-order valence-electron chi connectivity index (χ2n) is 8.53. The average Bonchev–Trinajstić information content (AvgIpc) is 2.75. The van der Waals surface area contributed by atoms with E-state index >= 15 is 0 Å². The van der Waals surface area contributed by atoms with Crippen LogP contribution in [-0.2, 0) is 0 Å². The van der Waals surface area contributed by atoms with Crippen LogP contribution in [0.5, 0.6) is 0 Å². The summed E-state index contributed by atoms with van der Waals surface area (Å²) in [5.41, 5.74) is 5.56. The van der Waals surface area contributed by atoms with Crippen LogP contribution in [0.3, 0.4) is 0 Å². The van der Waals surface area contributed by atoms with E-state index < -0.39 is 0 Å². The van der Waals surface area contributed by atoms with E-state index in [0.29, 0.717) is 17.9 Å². The maximum Gasteiger partial charge on any atom is 0.225 e. The van der Waals surface area contributed by atoms with Gasteiger partial charge in [-0.1, -0.05) is 39.2 Å². The lowest BCUT2D eigenvalue weighted by molar-refractivity contribution is 0.461. The number of hydrogen-bond acceptors (Lipinski definition) is 5. The highest BCUT2D eigenvalue weighted by Gasteiger charge is 2.16. The molecule has 0 amide bonds. The summed E-state index contributed by atoms with van der Waals surface area (Å²) in [6.07, 6.45) is 9.85. The second-order valence-corrected chi connectivity index (χ2v) is 8.53. The van der Waals surface area contributed by atoms with Crippen molar-refractivity contribution in [2.45, 2.75) is 64.8 Å². The molecule has 1 aliphatic rings. The first-order valence-corrected chi connectivity index (χ1v) is 11.0. The summed E-state index contributed by atoms with van der Waals surface area (Å²) in [6, 6.07) is 12.9. The number of benzene rings is 1. The molecule has 1 saturated carbocycles. The Balaban J connectivity index is 1.64. The van der Waals surface area contributed by atoms with Crippen LogP contribution >= 0.6 is 0 Å². The van der Waals surface area contributed by atoms with Crippen molar-refractivity contribution in [2.24, 2.45) is 0 Å². The molecule has 30 heavy (non-hydrogen) atoms. The predicted octanol–water partition coefficient (Wildman–Crippen LogP) is 6.46. The molecule has 5 nitrogen and oxygen atoms in total. The smallest absolute Gasteiger partial charge is 0.225 e. The zero-order chi connectivity index (χ0) is 20.9. The fourth-order valence-electron chi connectivity index (χ4n) is 4.22. The van der Waals surface area contributed by atoms with E-state index in [9.17, 15) is 0 Å². The van der Waals surface area contributed by atoms with Crippen molar-refractivity contribution >= 4 is 17.5 Å². The summed E-state index contributed by atoms with van der Waals surface area (Å²) in [5, 5.41) is 7.06. The molecule has 3 aromatic rings. The first-order valence-electron chi connectivity index (χ1n) is 11.0. The molecule has 156 valence electrons. The lowest BCUT2D eigenvalue weighted by Gasteiger charge is -2.23. The van der Waals surface area contributed by atoms with Crippen LogP contribution in [0.4, 0.5) is 17.5 Å². The Morgan fingerprint density at radius 2 is 1.83 bits per heavy atom. The molecule has 0 bridgehead atoms. The van der Waals surface area contributed by atoms with Crippen LogP contribution < -0.4 is 10.6 Å². The zero-order valence-corrected chi connectivity index (χ0v) is 18.2. The third-order valence-electron chi connectivity index (χ3n) is 5.79. The number of anilines is 3. The highest BCUT2D eigenvalue weighted by Crippen LogP contribution is 2.27. The number of nitrogens with zero attached hydrogens (tertiary/aromatic N) is 3. The van der Waals surface area contributed by atoms with Crippen molar-refractivity contribution in [3.63, 3.8) is 0 Å². The van der Waals surface area contributed by atoms with Crippen molar-refractivity contribution in [1.82, 2.24) is 15.0 Å². The molecule has 5 heteroatoms. The molecule has 0 aliphatic heterocycles. The molecule has 0 saturated heterocycles. The second kappa shape index (κ2) is 9.24. The lowest BCUT2D eigenvalue weighted by Crippen LogP contribution is -2.23. The first kappa shape index (κ1) is 20.3. The largest absolute Gasteiger partial charge is 0.351 e. The highest BCUT2D eigenvalue weighted by molar-refractivity contribution is 5.67. The number of hydrogen-bond donors (Lipinski definition) is 2. The van der Waals surface area contributed by atoms with Crippen molar-refractivity contribution in [1.29, 1.82) is 0 Å². The maximum absolute atomic E-state index is 4.79. The van der Waals surface area contributed by atoms with Gasteiger partial charge in [0.2, 0.25) is 5.95 Å². The van der Waals surface area contributed by atoms with Gasteiger partial charge in [0.25, 0.3) is 0 Å². The number of rotatable bonds is 6. The van der Waals surface area contributed by atoms with Crippen molar-refractivity contribution in [2.75, 3.05) is 10.6 Å². The van der Waals surface area contributed by atoms with Gasteiger partial charge >= 0.3 is 0 Å². The topological polar surface area (TPSA) is 62.7 Å². The van der Waals surface area contributed by atoms with Gasteiger partial charge < -0.3 is 10.6 Å². The molecule has 0 atom stereocenters. The fraction of sp³-hybridized carbons (Fsp3) is 0.400. The molecule has 1 aromatic carbocycles. The Bertz CT molecular complexity index is 978. The monoisotopic (exact) mass is 401 g/mol. The minimum Gasteiger partial charge on any atom is -0.351 e. The summed E-state index contributed by atoms with van der Waals surface area (Å²) < 4.78 is 0. The molecule has 1 aliphatic carbocycles. The van der Waals surface area contributed by atoms with E-state index in [1.54, 1.807) is 6.20 Å². The molecule has 2 heterocycles. The standard InChI is InChI=1S/C25H31N5/c1-17(2)22-12-11-21(14-18(22)3)27-24-15-23(19-8-7-13-26-16-19)29-25(30-24)28-20-9-5-4-6-10-20/h7-8,11-17,20H,4-6,9-10H2,1-3H3,(H2,27,28,29,30). The van der Waals surface area contributed by atoms with Gasteiger partial charge in [0.1, 0.15) is 5.82 Å². The highest BCUT2D eigenvalue weighted by atomic mass is 15.2. The van der Waals surface area contributed by atoms with Crippen molar-refractivity contribution in [3.05, 3.63) is 59.9 Å². The van der Waals surface area contributed by atoms with E-state index in [0.717, 1.165) is 22.8 Å². The molecule has 0 unspecified atom stereocenters. The summed E-state index contributed by atoms with van der Waals surface area (Å²) in [4.78, 5) is 13.8. The Hall–Kier alpha value is -2.95. The van der Waals surface area contributed by atoms with Crippen LogP contribution in [0.15, 0.2) is 48.8 Å². The molecule has 0 spiro atoms. The van der Waals surface area contributed by atoms with Gasteiger partial charge in [-0.15, -0.1) is 0 Å². The van der Waals surface area contributed by atoms with Crippen molar-refractivity contribution < 1.29 is 0 Å². The third-order valence-corrected chi connectivity index (χ3v) is 5.79. The Morgan fingerprint density at radius 1 is 1.00 bits per heavy atom. The van der Waals surface area contributed by atoms with Gasteiger partial charge in [0, 0.05) is 35.8 Å². The van der Waals surface area contributed by atoms with Gasteiger partial charge in [-0.3, -0.25) is 4.98 Å². The summed E-state index contributed by atoms with van der Waals surface area (Å²) in [6.45, 7) is 6.62. The van der Waals surface area contributed by atoms with Gasteiger partial charge in [-0.05, 0) is 61.1 Å². The fourth-order valence-corrected chi connectivity index (χ4v) is 4.22. The SMILES string of the molecule is Cc1cc(Nc2cc(-c3cccnc3)nc(NC3CCCCC3)n2)ccc1C(C)C. The first-order chi connectivity index (χ1) is 14.6. The molecule has 0 radical (unpaired) electrons. The molecular formula is C25H31N5. The third kappa shape index (κ3) is 4.96. The molecular weight excluding hydrogens is 370 g/mol. The average molecular weight is 402 g/mol. The number of aryl methyl sites for hydroxylation is 1. The molecule has 2 aromatic heterocycles. The van der Waals surface area contributed by atoms with Crippen molar-refractivity contribution in [3.8, 4) is 11.3 Å². The number of pyridine rings is 1. The maximum atomic E-state index is 4.79. The zero-order valence-electron chi connectivity index (χ0n) is 18.2. The van der Waals surface area contributed by atoms with Crippen LogP contribution in [0.25, 0.3) is 11.3 Å². The van der Waals surface area contributed by atoms with E-state index in [2.05, 4.69) is 54.6 Å². The van der Waals surface area contributed by atoms with E-state index in [-0.39, 0.29) is 0 Å². The van der Waals surface area contributed by atoms with E-state index in [1.807, 2.05) is 24.4 Å². The van der Waals surface area contributed by atoms with Crippen LogP contribution in [-0.4, -0.2) is 21.0 Å². The van der Waals surface area contributed by atoms with Crippen LogP contribution in [0.2, 0.25) is 0 Å². The van der Waals surface area contributed by atoms with Gasteiger partial charge in [-0.25, -0.2) is 4.98 Å². The van der Waals surface area contributed by atoms with Crippen LogP contribution in [0.1, 0.15) is 63.0 Å². The summed E-state index contributed by atoms with van der Waals surface area (Å²) in [5.74, 6) is 1.99.